The lowest BCUT2D eigenvalue weighted by Crippen LogP contribution is -2.51. The van der Waals surface area contributed by atoms with Gasteiger partial charge in [0, 0.05) is 50.3 Å². The van der Waals surface area contributed by atoms with Crippen LogP contribution < -0.4 is 14.8 Å². The monoisotopic (exact) mass is 553 g/mol. The molecule has 0 aromatic heterocycles. The lowest BCUT2D eigenvalue weighted by molar-refractivity contribution is -0.139. The molecule has 0 unspecified atom stereocenters. The number of carboxylic acids is 1. The van der Waals surface area contributed by atoms with Gasteiger partial charge in [0.05, 0.1) is 19.2 Å². The Kier molecular flexibility index (Phi) is 9.35. The molecular weight excluding hydrogens is 526 g/mol. The summed E-state index contributed by atoms with van der Waals surface area (Å²) in [5, 5.41) is 12.1. The van der Waals surface area contributed by atoms with Crippen LogP contribution in [0.15, 0.2) is 47.4 Å². The molecule has 1 fully saturated rings. The molecule has 1 atom stereocenters. The first kappa shape index (κ1) is 28.2. The zero-order chi connectivity index (χ0) is 27.2. The molecule has 1 heterocycles. The number of methoxy groups -OCH3 is 2. The summed E-state index contributed by atoms with van der Waals surface area (Å²) < 4.78 is 38.1. The number of nitrogens with zero attached hydrogens (tertiary/aromatic N) is 2. The van der Waals surface area contributed by atoms with E-state index in [1.807, 2.05) is 0 Å². The van der Waals surface area contributed by atoms with Gasteiger partial charge < -0.3 is 24.8 Å². The van der Waals surface area contributed by atoms with Gasteiger partial charge in [0.1, 0.15) is 22.4 Å². The van der Waals surface area contributed by atoms with Crippen molar-refractivity contribution in [1.82, 2.24) is 14.5 Å². The summed E-state index contributed by atoms with van der Waals surface area (Å²) >= 11 is 6.08. The third-order valence-corrected chi connectivity index (χ3v) is 8.15. The van der Waals surface area contributed by atoms with Crippen molar-refractivity contribution in [2.24, 2.45) is 0 Å². The van der Waals surface area contributed by atoms with E-state index in [0.717, 1.165) is 0 Å². The van der Waals surface area contributed by atoms with E-state index in [1.165, 1.54) is 35.6 Å². The van der Waals surface area contributed by atoms with Gasteiger partial charge in [-0.3, -0.25) is 9.59 Å². The van der Waals surface area contributed by atoms with Gasteiger partial charge in [0.25, 0.3) is 5.91 Å². The molecule has 2 N–H and O–H groups in total. The number of carbonyl (C=O) groups is 3. The molecule has 0 aliphatic carbocycles. The summed E-state index contributed by atoms with van der Waals surface area (Å²) in [6.07, 6.45) is -0.228. The molecule has 1 saturated heterocycles. The second-order valence-corrected chi connectivity index (χ2v) is 10.5. The van der Waals surface area contributed by atoms with Crippen molar-refractivity contribution in [3.8, 4) is 11.5 Å². The second kappa shape index (κ2) is 12.3. The highest BCUT2D eigenvalue weighted by molar-refractivity contribution is 7.89. The van der Waals surface area contributed by atoms with Gasteiger partial charge in [-0.2, -0.15) is 4.31 Å². The molecule has 2 amide bonds. The molecular formula is C24H28ClN3O8S. The minimum absolute atomic E-state index is 0.0370. The van der Waals surface area contributed by atoms with Gasteiger partial charge in [0.15, 0.2) is 0 Å². The number of rotatable bonds is 10. The SMILES string of the molecule is COc1cc(S(=O)(=O)N2CCN(C(=O)CC[C@H](NC(=O)c3ccccc3)C(=O)O)CC2)c(OC)cc1Cl. The number of piperazine rings is 1. The van der Waals surface area contributed by atoms with Crippen molar-refractivity contribution >= 4 is 39.4 Å². The Morgan fingerprint density at radius 3 is 2.22 bits per heavy atom. The minimum Gasteiger partial charge on any atom is -0.495 e. The number of amides is 2. The van der Waals surface area contributed by atoms with Crippen LogP contribution in [0.2, 0.25) is 5.02 Å². The lowest BCUT2D eigenvalue weighted by Gasteiger charge is -2.34. The maximum Gasteiger partial charge on any atom is 0.326 e. The van der Waals surface area contributed by atoms with Crippen molar-refractivity contribution in [2.45, 2.75) is 23.8 Å². The molecule has 2 aromatic carbocycles. The fraction of sp³-hybridized carbons (Fsp3) is 0.375. The van der Waals surface area contributed by atoms with E-state index < -0.39 is 27.9 Å². The zero-order valence-corrected chi connectivity index (χ0v) is 21.9. The van der Waals surface area contributed by atoms with Crippen molar-refractivity contribution in [1.29, 1.82) is 0 Å². The van der Waals surface area contributed by atoms with Gasteiger partial charge in [-0.25, -0.2) is 13.2 Å². The van der Waals surface area contributed by atoms with Crippen LogP contribution in [-0.4, -0.2) is 87.0 Å². The number of hydrogen-bond acceptors (Lipinski definition) is 7. The van der Waals surface area contributed by atoms with Crippen LogP contribution in [-0.2, 0) is 19.6 Å². The molecule has 0 radical (unpaired) electrons. The third kappa shape index (κ3) is 6.70. The van der Waals surface area contributed by atoms with Crippen molar-refractivity contribution in [2.75, 3.05) is 40.4 Å². The predicted molar refractivity (Wildman–Crippen MR) is 134 cm³/mol. The standard InChI is InChI=1S/C24H28ClN3O8S/c1-35-19-15-21(20(36-2)14-17(19)25)37(33,34)28-12-10-27(11-13-28)22(29)9-8-18(24(31)32)26-23(30)16-6-4-3-5-7-16/h3-7,14-15,18H,8-13H2,1-2H3,(H,26,30)(H,31,32)/t18-/m0/s1. The Morgan fingerprint density at radius 1 is 1.03 bits per heavy atom. The number of hydrogen-bond donors (Lipinski definition) is 2. The molecule has 1 aliphatic heterocycles. The first-order valence-electron chi connectivity index (χ1n) is 11.4. The number of benzene rings is 2. The summed E-state index contributed by atoms with van der Waals surface area (Å²) in [6.45, 7) is 0.322. The highest BCUT2D eigenvalue weighted by Crippen LogP contribution is 2.36. The fourth-order valence-electron chi connectivity index (χ4n) is 3.87. The number of nitrogens with one attached hydrogen (secondary N) is 1. The van der Waals surface area contributed by atoms with Crippen LogP contribution in [0.5, 0.6) is 11.5 Å². The van der Waals surface area contributed by atoms with Crippen LogP contribution >= 0.6 is 11.6 Å². The Morgan fingerprint density at radius 2 is 1.65 bits per heavy atom. The number of halogens is 1. The van der Waals surface area contributed by atoms with Gasteiger partial charge in [-0.15, -0.1) is 0 Å². The Bertz CT molecular complexity index is 1250. The highest BCUT2D eigenvalue weighted by Gasteiger charge is 2.33. The van der Waals surface area contributed by atoms with Crippen LogP contribution in [0.25, 0.3) is 0 Å². The van der Waals surface area contributed by atoms with Crippen LogP contribution in [0.3, 0.4) is 0 Å². The molecule has 13 heteroatoms. The molecule has 2 aromatic rings. The van der Waals surface area contributed by atoms with Gasteiger partial charge >= 0.3 is 5.97 Å². The van der Waals surface area contributed by atoms with Gasteiger partial charge in [-0.1, -0.05) is 29.8 Å². The lowest BCUT2D eigenvalue weighted by atomic mass is 10.1. The molecule has 0 saturated carbocycles. The molecule has 0 spiro atoms. The highest BCUT2D eigenvalue weighted by atomic mass is 35.5. The first-order chi connectivity index (χ1) is 17.6. The zero-order valence-electron chi connectivity index (χ0n) is 20.3. The van der Waals surface area contributed by atoms with E-state index in [9.17, 15) is 27.9 Å². The average molecular weight is 554 g/mol. The second-order valence-electron chi connectivity index (χ2n) is 8.19. The fourth-order valence-corrected chi connectivity index (χ4v) is 5.67. The van der Waals surface area contributed by atoms with Gasteiger partial charge in [-0.05, 0) is 18.6 Å². The maximum atomic E-state index is 13.3. The quantitative estimate of drug-likeness (QED) is 0.454. The summed E-state index contributed by atoms with van der Waals surface area (Å²) in [7, 11) is -1.27. The number of aliphatic carboxylic acids is 1. The summed E-state index contributed by atoms with van der Waals surface area (Å²) in [6, 6.07) is 9.59. The molecule has 200 valence electrons. The third-order valence-electron chi connectivity index (χ3n) is 5.93. The van der Waals surface area contributed by atoms with Gasteiger partial charge in [0.2, 0.25) is 15.9 Å². The van der Waals surface area contributed by atoms with Crippen LogP contribution in [0.1, 0.15) is 23.2 Å². The predicted octanol–water partition coefficient (Wildman–Crippen LogP) is 1.85. The normalized spacial score (nSPS) is 15.1. The van der Waals surface area contributed by atoms with E-state index in [-0.39, 0.29) is 66.3 Å². The van der Waals surface area contributed by atoms with Crippen molar-refractivity contribution in [3.05, 3.63) is 53.1 Å². The van der Waals surface area contributed by atoms with E-state index >= 15 is 0 Å². The van der Waals surface area contributed by atoms with E-state index in [1.54, 1.807) is 30.3 Å². The van der Waals surface area contributed by atoms with Crippen molar-refractivity contribution < 1.29 is 37.4 Å². The number of sulfonamides is 1. The topological polar surface area (TPSA) is 143 Å². The molecule has 3 rings (SSSR count). The van der Waals surface area contributed by atoms with Crippen LogP contribution in [0.4, 0.5) is 0 Å². The smallest absolute Gasteiger partial charge is 0.326 e. The number of carboxylic acid groups (broad SMARTS) is 1. The summed E-state index contributed by atoms with van der Waals surface area (Å²) in [5.74, 6) is -1.87. The number of carbonyl (C=O) groups excluding carboxylic acids is 2. The molecule has 37 heavy (non-hydrogen) atoms. The molecule has 0 bridgehead atoms. The Balaban J connectivity index is 1.59. The van der Waals surface area contributed by atoms with Crippen LogP contribution in [0, 0.1) is 0 Å². The Hall–Kier alpha value is -3.35. The van der Waals surface area contributed by atoms with E-state index in [2.05, 4.69) is 5.32 Å². The average Bonchev–Trinajstić information content (AvgIpc) is 2.90. The molecule has 11 nitrogen and oxygen atoms in total. The van der Waals surface area contributed by atoms with E-state index in [0.29, 0.717) is 5.56 Å². The van der Waals surface area contributed by atoms with Crippen molar-refractivity contribution in [3.63, 3.8) is 0 Å². The summed E-state index contributed by atoms with van der Waals surface area (Å²) in [4.78, 5) is 38.0. The summed E-state index contributed by atoms with van der Waals surface area (Å²) in [5.41, 5.74) is 0.312. The largest absolute Gasteiger partial charge is 0.495 e. The first-order valence-corrected chi connectivity index (χ1v) is 13.2. The Labute approximate surface area is 220 Å². The minimum atomic E-state index is -3.97. The maximum absolute atomic E-state index is 13.3. The number of ether oxygens (including phenoxy) is 2. The molecule has 1 aliphatic rings. The van der Waals surface area contributed by atoms with E-state index in [4.69, 9.17) is 21.1 Å².